The van der Waals surface area contributed by atoms with Gasteiger partial charge in [-0.15, -0.1) is 0 Å². The Morgan fingerprint density at radius 2 is 1.82 bits per heavy atom. The fourth-order valence-electron chi connectivity index (χ4n) is 2.34. The third-order valence-electron chi connectivity index (χ3n) is 3.72. The van der Waals surface area contributed by atoms with E-state index < -0.39 is 17.7 Å². The molecule has 1 aromatic heterocycles. The molecule has 0 radical (unpaired) electrons. The largest absolute Gasteiger partial charge is 0.479 e. The first-order chi connectivity index (χ1) is 13.4. The van der Waals surface area contributed by atoms with Gasteiger partial charge >= 0.3 is 5.95 Å². The number of aliphatic imine (C=N–C) groups is 1. The molecule has 3 aromatic rings. The van der Waals surface area contributed by atoms with Gasteiger partial charge in [0.25, 0.3) is 5.91 Å². The maximum atomic E-state index is 13.1. The molecule has 28 heavy (non-hydrogen) atoms. The number of benzene rings is 2. The predicted octanol–water partition coefficient (Wildman–Crippen LogP) is 3.89. The average molecular weight is 379 g/mol. The third-order valence-corrected chi connectivity index (χ3v) is 3.72. The zero-order valence-corrected chi connectivity index (χ0v) is 15.3. The summed E-state index contributed by atoms with van der Waals surface area (Å²) in [6.45, 7) is 0. The zero-order valence-electron chi connectivity index (χ0n) is 15.3. The van der Waals surface area contributed by atoms with Crippen LogP contribution in [0.1, 0.15) is 16.1 Å². The number of rotatable bonds is 5. The molecule has 1 amide bonds. The number of carbonyl (C=O) groups excluding carboxylic acids is 1. The standard InChI is InChI=1S/C21H18FN3O3/c1-25(2)13-12-17(23-19(26)14-8-10-16(22)11-9-14)18-21(27)28-20(24-18)15-6-4-3-5-7-15/h3-13,27H,1-2H3/b13-12+,23-17?. The molecule has 0 bridgehead atoms. The quantitative estimate of drug-likeness (QED) is 0.681. The van der Waals surface area contributed by atoms with Crippen LogP contribution in [-0.4, -0.2) is 40.7 Å². The van der Waals surface area contributed by atoms with Crippen molar-refractivity contribution in [2.24, 2.45) is 4.99 Å². The lowest BCUT2D eigenvalue weighted by Gasteiger charge is -2.04. The number of aromatic hydroxyl groups is 1. The number of nitrogens with zero attached hydrogens (tertiary/aromatic N) is 3. The van der Waals surface area contributed by atoms with Crippen molar-refractivity contribution in [2.45, 2.75) is 0 Å². The topological polar surface area (TPSA) is 78.9 Å². The van der Waals surface area contributed by atoms with Gasteiger partial charge in [-0.05, 0) is 42.5 Å². The molecule has 0 atom stereocenters. The van der Waals surface area contributed by atoms with E-state index in [0.717, 1.165) is 0 Å². The number of carbonyl (C=O) groups is 1. The van der Waals surface area contributed by atoms with Gasteiger partial charge < -0.3 is 14.4 Å². The van der Waals surface area contributed by atoms with Gasteiger partial charge in [0.2, 0.25) is 5.89 Å². The van der Waals surface area contributed by atoms with Crippen molar-refractivity contribution in [3.8, 4) is 17.4 Å². The third kappa shape index (κ3) is 4.50. The molecular weight excluding hydrogens is 361 g/mol. The molecule has 0 unspecified atom stereocenters. The summed E-state index contributed by atoms with van der Waals surface area (Å²) in [5.41, 5.74) is 1.03. The minimum Gasteiger partial charge on any atom is -0.479 e. The second kappa shape index (κ2) is 8.30. The van der Waals surface area contributed by atoms with E-state index in [4.69, 9.17) is 4.42 Å². The van der Waals surface area contributed by atoms with Crippen LogP contribution in [0.5, 0.6) is 5.95 Å². The summed E-state index contributed by atoms with van der Waals surface area (Å²) in [6, 6.07) is 14.1. The Morgan fingerprint density at radius 3 is 2.46 bits per heavy atom. The summed E-state index contributed by atoms with van der Waals surface area (Å²) in [6.07, 6.45) is 3.20. The molecule has 1 heterocycles. The smallest absolute Gasteiger partial charge is 0.313 e. The van der Waals surface area contributed by atoms with Crippen LogP contribution in [0.3, 0.4) is 0 Å². The molecule has 0 fully saturated rings. The van der Waals surface area contributed by atoms with E-state index in [9.17, 15) is 14.3 Å². The maximum Gasteiger partial charge on any atom is 0.313 e. The molecule has 0 aliphatic heterocycles. The van der Waals surface area contributed by atoms with Crippen LogP contribution < -0.4 is 0 Å². The van der Waals surface area contributed by atoms with Gasteiger partial charge in [-0.3, -0.25) is 4.79 Å². The van der Waals surface area contributed by atoms with E-state index >= 15 is 0 Å². The Hall–Kier alpha value is -3.74. The number of oxazole rings is 1. The number of aromatic nitrogens is 1. The van der Waals surface area contributed by atoms with Crippen LogP contribution in [0.15, 0.2) is 76.3 Å². The Labute approximate surface area is 161 Å². The molecule has 7 heteroatoms. The van der Waals surface area contributed by atoms with Crippen LogP contribution in [0.4, 0.5) is 4.39 Å². The normalized spacial score (nSPS) is 11.8. The first kappa shape index (κ1) is 19.0. The van der Waals surface area contributed by atoms with Gasteiger partial charge in [0.05, 0.1) is 0 Å². The minimum atomic E-state index is -0.595. The molecular formula is C21H18FN3O3. The SMILES string of the molecule is CN(C)/C=C/C(=NC(=O)c1ccc(F)cc1)c1nc(-c2ccccc2)oc1O. The number of halogens is 1. The molecule has 0 spiro atoms. The van der Waals surface area contributed by atoms with Crippen molar-refractivity contribution < 1.29 is 18.7 Å². The molecule has 6 nitrogen and oxygen atoms in total. The number of hydrogen-bond donors (Lipinski definition) is 1. The van der Waals surface area contributed by atoms with Crippen LogP contribution in [0.25, 0.3) is 11.5 Å². The zero-order chi connectivity index (χ0) is 20.1. The van der Waals surface area contributed by atoms with E-state index in [-0.39, 0.29) is 22.9 Å². The van der Waals surface area contributed by atoms with Crippen LogP contribution in [-0.2, 0) is 0 Å². The number of amides is 1. The predicted molar refractivity (Wildman–Crippen MR) is 104 cm³/mol. The van der Waals surface area contributed by atoms with Crippen LogP contribution in [0.2, 0.25) is 0 Å². The second-order valence-corrected chi connectivity index (χ2v) is 6.13. The number of allylic oxidation sites excluding steroid dienone is 1. The van der Waals surface area contributed by atoms with Gasteiger partial charge in [0, 0.05) is 31.4 Å². The Balaban J connectivity index is 2.02. The van der Waals surface area contributed by atoms with E-state index in [1.165, 1.54) is 30.3 Å². The molecule has 1 N–H and O–H groups in total. The van der Waals surface area contributed by atoms with Gasteiger partial charge in [-0.2, -0.15) is 0 Å². The molecule has 0 aliphatic rings. The summed E-state index contributed by atoms with van der Waals surface area (Å²) < 4.78 is 18.4. The Kier molecular flexibility index (Phi) is 5.64. The number of hydrogen-bond acceptors (Lipinski definition) is 5. The molecule has 142 valence electrons. The first-order valence-electron chi connectivity index (χ1n) is 8.43. The lowest BCUT2D eigenvalue weighted by atomic mass is 10.2. The average Bonchev–Trinajstić information content (AvgIpc) is 3.07. The van der Waals surface area contributed by atoms with Crippen molar-refractivity contribution in [3.05, 3.63) is 83.9 Å². The molecule has 0 saturated carbocycles. The van der Waals surface area contributed by atoms with Crippen LogP contribution in [0, 0.1) is 5.82 Å². The van der Waals surface area contributed by atoms with Crippen LogP contribution >= 0.6 is 0 Å². The van der Waals surface area contributed by atoms with Crippen molar-refractivity contribution in [1.82, 2.24) is 9.88 Å². The lowest BCUT2D eigenvalue weighted by Crippen LogP contribution is -2.07. The van der Waals surface area contributed by atoms with Gasteiger partial charge in [0.1, 0.15) is 11.5 Å². The van der Waals surface area contributed by atoms with E-state index in [1.54, 1.807) is 37.3 Å². The maximum absolute atomic E-state index is 13.1. The molecule has 2 aromatic carbocycles. The highest BCUT2D eigenvalue weighted by Gasteiger charge is 2.19. The summed E-state index contributed by atoms with van der Waals surface area (Å²) in [5, 5.41) is 10.2. The first-order valence-corrected chi connectivity index (χ1v) is 8.43. The fourth-order valence-corrected chi connectivity index (χ4v) is 2.34. The molecule has 3 rings (SSSR count). The van der Waals surface area contributed by atoms with Gasteiger partial charge in [0.15, 0.2) is 5.69 Å². The summed E-state index contributed by atoms with van der Waals surface area (Å²) >= 11 is 0. The molecule has 0 aliphatic carbocycles. The lowest BCUT2D eigenvalue weighted by molar-refractivity contribution is 0.100. The van der Waals surface area contributed by atoms with Gasteiger partial charge in [-0.1, -0.05) is 18.2 Å². The fraction of sp³-hybridized carbons (Fsp3) is 0.0952. The highest BCUT2D eigenvalue weighted by atomic mass is 19.1. The highest BCUT2D eigenvalue weighted by Crippen LogP contribution is 2.27. The van der Waals surface area contributed by atoms with Crippen molar-refractivity contribution in [2.75, 3.05) is 14.1 Å². The summed E-state index contributed by atoms with van der Waals surface area (Å²) in [5.74, 6) is -1.29. The highest BCUT2D eigenvalue weighted by molar-refractivity contribution is 6.15. The van der Waals surface area contributed by atoms with E-state index in [2.05, 4.69) is 9.98 Å². The van der Waals surface area contributed by atoms with Crippen molar-refractivity contribution in [1.29, 1.82) is 0 Å². The minimum absolute atomic E-state index is 0.0346. The Bertz CT molecular complexity index is 1020. The van der Waals surface area contributed by atoms with Crippen molar-refractivity contribution >= 4 is 11.6 Å². The van der Waals surface area contributed by atoms with E-state index in [0.29, 0.717) is 5.56 Å². The summed E-state index contributed by atoms with van der Waals surface area (Å²) in [4.78, 5) is 22.6. The second-order valence-electron chi connectivity index (χ2n) is 6.13. The summed E-state index contributed by atoms with van der Waals surface area (Å²) in [7, 11) is 3.60. The van der Waals surface area contributed by atoms with Gasteiger partial charge in [-0.25, -0.2) is 14.4 Å². The van der Waals surface area contributed by atoms with E-state index in [1.807, 2.05) is 18.2 Å². The Morgan fingerprint density at radius 1 is 1.14 bits per heavy atom. The monoisotopic (exact) mass is 379 g/mol. The molecule has 0 saturated heterocycles. The van der Waals surface area contributed by atoms with Crippen molar-refractivity contribution in [3.63, 3.8) is 0 Å².